The van der Waals surface area contributed by atoms with Gasteiger partial charge in [-0.3, -0.25) is 0 Å². The zero-order valence-electron chi connectivity index (χ0n) is 12.5. The van der Waals surface area contributed by atoms with Crippen molar-refractivity contribution in [2.45, 2.75) is 14.8 Å². The van der Waals surface area contributed by atoms with Crippen LogP contribution in [0.2, 0.25) is 0 Å². The molecule has 3 nitrogen and oxygen atoms in total. The minimum atomic E-state index is -1.78. The largest absolute Gasteiger partial charge is 0.450 e. The van der Waals surface area contributed by atoms with Crippen molar-refractivity contribution in [2.24, 2.45) is 0 Å². The highest BCUT2D eigenvalue weighted by Crippen LogP contribution is 2.42. The molecule has 0 heterocycles. The number of ether oxygens (including phenoxy) is 1. The molecule has 0 saturated heterocycles. The van der Waals surface area contributed by atoms with Gasteiger partial charge in [0.25, 0.3) is 0 Å². The number of carbonyl (C=O) groups excluding carboxylic acids is 1. The summed E-state index contributed by atoms with van der Waals surface area (Å²) in [6.45, 7) is 0. The number of nitrogens with one attached hydrogen (secondary N) is 1. The Bertz CT molecular complexity index is 680. The third kappa shape index (κ3) is 5.74. The lowest BCUT2D eigenvalue weighted by molar-refractivity contribution is 0.105. The first-order valence-electron chi connectivity index (χ1n) is 6.78. The summed E-state index contributed by atoms with van der Waals surface area (Å²) in [4.78, 5) is 13.2. The average Bonchev–Trinajstić information content (AvgIpc) is 2.53. The molecular formula is C16H14BrCl3NO2S+. The van der Waals surface area contributed by atoms with Crippen LogP contribution in [-0.2, 0) is 15.8 Å². The van der Waals surface area contributed by atoms with E-state index in [-0.39, 0.29) is 0 Å². The van der Waals surface area contributed by atoms with Gasteiger partial charge in [-0.25, -0.2) is 4.79 Å². The standard InChI is InChI=1S/C16H13BrCl3NO2S/c1-24(13-9-7-12(17)8-10-13)21-15(22)23-14(16(18,19)20)11-5-3-2-4-6-11/h2-10,14H,1H3/p+1/t14-,24?/m0/s1. The Balaban J connectivity index is 2.07. The number of halogens is 4. The minimum absolute atomic E-state index is 0.546. The van der Waals surface area contributed by atoms with Gasteiger partial charge < -0.3 is 4.74 Å². The maximum Gasteiger partial charge on any atom is 0.450 e. The first-order chi connectivity index (χ1) is 11.3. The molecule has 0 aliphatic heterocycles. The van der Waals surface area contributed by atoms with Crippen LogP contribution in [0.15, 0.2) is 64.0 Å². The Hall–Kier alpha value is -0.590. The summed E-state index contributed by atoms with van der Waals surface area (Å²) >= 11 is 20.7. The molecule has 0 bridgehead atoms. The molecule has 1 unspecified atom stereocenters. The highest BCUT2D eigenvalue weighted by atomic mass is 79.9. The summed E-state index contributed by atoms with van der Waals surface area (Å²) in [6.07, 6.45) is 0.215. The maximum absolute atomic E-state index is 12.2. The van der Waals surface area contributed by atoms with Crippen molar-refractivity contribution in [1.29, 1.82) is 0 Å². The van der Waals surface area contributed by atoms with E-state index in [1.54, 1.807) is 24.3 Å². The highest BCUT2D eigenvalue weighted by molar-refractivity contribution is 9.10. The second-order valence-corrected chi connectivity index (χ2v) is 9.78. The van der Waals surface area contributed by atoms with E-state index in [4.69, 9.17) is 39.5 Å². The van der Waals surface area contributed by atoms with E-state index < -0.39 is 27.1 Å². The number of hydrogen-bond acceptors (Lipinski definition) is 2. The smallest absolute Gasteiger partial charge is 0.434 e. The SMILES string of the molecule is C[S+](NC(=O)O[C@@H](c1ccccc1)C(Cl)(Cl)Cl)c1ccc(Br)cc1. The number of carbonyl (C=O) groups is 1. The van der Waals surface area contributed by atoms with Crippen molar-refractivity contribution in [2.75, 3.05) is 6.26 Å². The number of rotatable bonds is 4. The van der Waals surface area contributed by atoms with Gasteiger partial charge >= 0.3 is 6.09 Å². The van der Waals surface area contributed by atoms with E-state index in [1.165, 1.54) is 0 Å². The van der Waals surface area contributed by atoms with Crippen LogP contribution in [0.5, 0.6) is 0 Å². The number of benzene rings is 2. The fourth-order valence-corrected chi connectivity index (χ4v) is 3.64. The summed E-state index contributed by atoms with van der Waals surface area (Å²) in [5.41, 5.74) is 0.604. The van der Waals surface area contributed by atoms with Gasteiger partial charge in [-0.2, -0.15) is 0 Å². The molecule has 0 aliphatic carbocycles. The predicted molar refractivity (Wildman–Crippen MR) is 105 cm³/mol. The number of alkyl halides is 3. The molecule has 1 amide bonds. The van der Waals surface area contributed by atoms with Crippen LogP contribution in [0.25, 0.3) is 0 Å². The molecule has 0 spiro atoms. The van der Waals surface area contributed by atoms with Gasteiger partial charge in [-0.15, -0.1) is 4.72 Å². The summed E-state index contributed by atoms with van der Waals surface area (Å²) in [7, 11) is 0. The van der Waals surface area contributed by atoms with Gasteiger partial charge in [0.2, 0.25) is 3.79 Å². The Morgan fingerprint density at radius 3 is 2.25 bits per heavy atom. The zero-order chi connectivity index (χ0) is 17.7. The number of hydrogen-bond donors (Lipinski definition) is 1. The molecule has 0 fully saturated rings. The van der Waals surface area contributed by atoms with Gasteiger partial charge in [0.05, 0.1) is 0 Å². The van der Waals surface area contributed by atoms with E-state index in [0.717, 1.165) is 9.37 Å². The normalized spacial score (nSPS) is 13.9. The molecule has 0 aliphatic rings. The fraction of sp³-hybridized carbons (Fsp3) is 0.188. The topological polar surface area (TPSA) is 38.3 Å². The van der Waals surface area contributed by atoms with Crippen LogP contribution in [-0.4, -0.2) is 16.1 Å². The Labute approximate surface area is 167 Å². The van der Waals surface area contributed by atoms with Crippen LogP contribution in [0.3, 0.4) is 0 Å². The molecular weight excluding hydrogens is 457 g/mol. The van der Waals surface area contributed by atoms with Gasteiger partial charge in [-0.05, 0) is 29.8 Å². The first kappa shape index (κ1) is 19.7. The quantitative estimate of drug-likeness (QED) is 0.452. The zero-order valence-corrected chi connectivity index (χ0v) is 17.2. The Kier molecular flexibility index (Phi) is 7.13. The van der Waals surface area contributed by atoms with Crippen molar-refractivity contribution in [3.05, 3.63) is 64.6 Å². The minimum Gasteiger partial charge on any atom is -0.434 e. The van der Waals surface area contributed by atoms with E-state index >= 15 is 0 Å². The fourth-order valence-electron chi connectivity index (χ4n) is 1.91. The van der Waals surface area contributed by atoms with E-state index in [0.29, 0.717) is 5.56 Å². The second kappa shape index (κ2) is 8.68. The molecule has 1 N–H and O–H groups in total. The van der Waals surface area contributed by atoms with Crippen molar-refractivity contribution < 1.29 is 9.53 Å². The highest BCUT2D eigenvalue weighted by Gasteiger charge is 2.38. The van der Waals surface area contributed by atoms with Gasteiger partial charge in [-0.1, -0.05) is 81.1 Å². The predicted octanol–water partition coefficient (Wildman–Crippen LogP) is 5.81. The molecule has 2 aromatic carbocycles. The summed E-state index contributed by atoms with van der Waals surface area (Å²) in [6, 6.07) is 16.5. The molecule has 0 aromatic heterocycles. The van der Waals surface area contributed by atoms with Crippen LogP contribution in [0, 0.1) is 0 Å². The van der Waals surface area contributed by atoms with Crippen LogP contribution >= 0.6 is 50.7 Å². The van der Waals surface area contributed by atoms with E-state index in [9.17, 15) is 4.79 Å². The van der Waals surface area contributed by atoms with Crippen LogP contribution in [0.4, 0.5) is 4.79 Å². The molecule has 2 rings (SSSR count). The summed E-state index contributed by atoms with van der Waals surface area (Å²) in [5, 5.41) is 0. The number of amides is 1. The van der Waals surface area contributed by atoms with Gasteiger partial charge in [0, 0.05) is 4.47 Å². The first-order valence-corrected chi connectivity index (χ1v) is 10.3. The maximum atomic E-state index is 12.2. The lowest BCUT2D eigenvalue weighted by Crippen LogP contribution is -2.34. The lowest BCUT2D eigenvalue weighted by Gasteiger charge is -2.24. The molecule has 128 valence electrons. The van der Waals surface area contributed by atoms with Gasteiger partial charge in [0.15, 0.2) is 11.0 Å². The molecule has 2 aromatic rings. The van der Waals surface area contributed by atoms with Gasteiger partial charge in [0.1, 0.15) is 17.3 Å². The van der Waals surface area contributed by atoms with Crippen LogP contribution in [0.1, 0.15) is 11.7 Å². The third-order valence-corrected chi connectivity index (χ3v) is 5.60. The lowest BCUT2D eigenvalue weighted by atomic mass is 10.1. The van der Waals surface area contributed by atoms with Crippen molar-refractivity contribution in [3.63, 3.8) is 0 Å². The molecule has 8 heteroatoms. The monoisotopic (exact) mass is 468 g/mol. The average molecular weight is 471 g/mol. The molecule has 2 atom stereocenters. The molecule has 0 radical (unpaired) electrons. The summed E-state index contributed by atoms with van der Waals surface area (Å²) in [5.74, 6) is 0. The molecule has 0 saturated carbocycles. The van der Waals surface area contributed by atoms with Crippen molar-refractivity contribution in [3.8, 4) is 0 Å². The third-order valence-electron chi connectivity index (χ3n) is 3.03. The second-order valence-electron chi connectivity index (χ2n) is 4.80. The molecule has 24 heavy (non-hydrogen) atoms. The van der Waals surface area contributed by atoms with E-state index in [1.807, 2.05) is 36.6 Å². The van der Waals surface area contributed by atoms with E-state index in [2.05, 4.69) is 20.7 Å². The van der Waals surface area contributed by atoms with Crippen molar-refractivity contribution in [1.82, 2.24) is 4.72 Å². The Morgan fingerprint density at radius 2 is 1.71 bits per heavy atom. The van der Waals surface area contributed by atoms with Crippen LogP contribution < -0.4 is 4.72 Å². The van der Waals surface area contributed by atoms with Crippen molar-refractivity contribution >= 4 is 67.9 Å². The summed E-state index contributed by atoms with van der Waals surface area (Å²) < 4.78 is 7.32. The Morgan fingerprint density at radius 1 is 1.12 bits per heavy atom.